The maximum absolute atomic E-state index is 13.1. The minimum atomic E-state index is -1.79. The van der Waals surface area contributed by atoms with E-state index in [-0.39, 0.29) is 36.7 Å². The average Bonchev–Trinajstić information content (AvgIpc) is 3.74. The average molecular weight is 745 g/mol. The highest BCUT2D eigenvalue weighted by atomic mass is 31.0. The Hall–Kier alpha value is -5.51. The summed E-state index contributed by atoms with van der Waals surface area (Å²) in [6.45, 7) is 6.78. The van der Waals surface area contributed by atoms with Crippen LogP contribution in [0.4, 0.5) is 0 Å². The first-order valence-electron chi connectivity index (χ1n) is 18.6. The Labute approximate surface area is 314 Å². The number of ether oxygens (including phenoxy) is 2. The Morgan fingerprint density at radius 3 is 1.70 bits per heavy atom. The van der Waals surface area contributed by atoms with Crippen molar-refractivity contribution >= 4 is 43.0 Å². The first-order valence-corrected chi connectivity index (χ1v) is 18.7. The lowest BCUT2D eigenvalue weighted by molar-refractivity contribution is -0.172. The molecule has 0 bridgehead atoms. The van der Waals surface area contributed by atoms with Gasteiger partial charge in [-0.3, -0.25) is 14.4 Å². The Morgan fingerprint density at radius 2 is 1.20 bits per heavy atom. The van der Waals surface area contributed by atoms with Crippen LogP contribution in [0.1, 0.15) is 68.4 Å². The minimum absolute atomic E-state index is 0.0502. The Morgan fingerprint density at radius 1 is 0.741 bits per heavy atom. The molecule has 0 saturated heterocycles. The summed E-state index contributed by atoms with van der Waals surface area (Å²) in [4.78, 5) is 60.2. The quantitative estimate of drug-likeness (QED) is 0.174. The maximum Gasteiger partial charge on any atom is 0.343 e. The van der Waals surface area contributed by atoms with Gasteiger partial charge in [0.05, 0.1) is 63.4 Å². The van der Waals surface area contributed by atoms with Gasteiger partial charge in [-0.1, -0.05) is 56.9 Å². The summed E-state index contributed by atoms with van der Waals surface area (Å²) in [7, 11) is 2.25. The first-order chi connectivity index (χ1) is 26.5. The molecule has 54 heavy (non-hydrogen) atoms. The number of pyridine rings is 4. The fourth-order valence-corrected chi connectivity index (χ4v) is 8.01. The third-order valence-corrected chi connectivity index (χ3v) is 11.3. The van der Waals surface area contributed by atoms with Crippen molar-refractivity contribution in [3.8, 4) is 22.8 Å². The molecule has 0 fully saturated rings. The third kappa shape index (κ3) is 5.16. The van der Waals surface area contributed by atoms with E-state index in [9.17, 15) is 24.3 Å². The molecule has 4 aliphatic heterocycles. The highest BCUT2D eigenvalue weighted by Gasteiger charge is 2.46. The number of benzene rings is 2. The number of aliphatic hydroxyl groups is 1. The molecule has 12 heteroatoms. The number of fused-ring (bicyclic) bond motifs is 10. The first kappa shape index (κ1) is 34.3. The van der Waals surface area contributed by atoms with E-state index < -0.39 is 17.0 Å². The predicted octanol–water partition coefficient (Wildman–Crippen LogP) is 5.72. The highest BCUT2D eigenvalue weighted by Crippen LogP contribution is 2.41. The van der Waals surface area contributed by atoms with Crippen LogP contribution in [0, 0.1) is 0 Å². The maximum atomic E-state index is 13.1. The number of esters is 2. The molecule has 1 N–H and O–H groups in total. The van der Waals surface area contributed by atoms with Gasteiger partial charge < -0.3 is 23.7 Å². The minimum Gasteiger partial charge on any atom is -0.460 e. The van der Waals surface area contributed by atoms with Crippen LogP contribution in [-0.2, 0) is 56.4 Å². The molecule has 0 spiro atoms. The number of aromatic nitrogens is 4. The third-order valence-electron chi connectivity index (χ3n) is 11.3. The van der Waals surface area contributed by atoms with E-state index in [0.29, 0.717) is 48.5 Å². The van der Waals surface area contributed by atoms with Gasteiger partial charge in [-0.25, -0.2) is 14.8 Å². The topological polar surface area (TPSA) is 143 Å². The fraction of sp³-hybridized carbons (Fsp3) is 0.286. The number of rotatable bonds is 2. The molecule has 6 aromatic rings. The van der Waals surface area contributed by atoms with Crippen molar-refractivity contribution in [1.29, 1.82) is 0 Å². The summed E-state index contributed by atoms with van der Waals surface area (Å²) < 4.78 is 20.0. The van der Waals surface area contributed by atoms with Gasteiger partial charge in [-0.15, -0.1) is 9.24 Å². The fourth-order valence-electron chi connectivity index (χ4n) is 8.01. The summed E-state index contributed by atoms with van der Waals surface area (Å²) >= 11 is 0. The van der Waals surface area contributed by atoms with E-state index in [2.05, 4.69) is 15.3 Å². The van der Waals surface area contributed by atoms with Gasteiger partial charge in [-0.2, -0.15) is 0 Å². The monoisotopic (exact) mass is 744 g/mol. The van der Waals surface area contributed by atoms with Crippen LogP contribution in [0.5, 0.6) is 0 Å². The van der Waals surface area contributed by atoms with Crippen LogP contribution in [0.25, 0.3) is 44.6 Å². The summed E-state index contributed by atoms with van der Waals surface area (Å²) in [6.07, 6.45) is 0.722. The molecule has 0 saturated carbocycles. The van der Waals surface area contributed by atoms with Crippen LogP contribution in [0.3, 0.4) is 0 Å². The van der Waals surface area contributed by atoms with Crippen molar-refractivity contribution in [3.05, 3.63) is 127 Å². The molecule has 8 heterocycles. The van der Waals surface area contributed by atoms with Crippen molar-refractivity contribution in [2.75, 3.05) is 6.64 Å². The normalized spacial score (nSPS) is 20.1. The number of para-hydroxylation sites is 2. The lowest BCUT2D eigenvalue weighted by Gasteiger charge is -2.33. The summed E-state index contributed by atoms with van der Waals surface area (Å²) in [5.41, 5.74) is 5.90. The number of carbonyl (C=O) groups is 2. The largest absolute Gasteiger partial charge is 0.460 e. The van der Waals surface area contributed by atoms with Crippen molar-refractivity contribution in [1.82, 2.24) is 19.1 Å². The zero-order chi connectivity index (χ0) is 38.8. The number of nitrogens with zero attached hydrogens (tertiary/aromatic N) is 4. The molecule has 4 aliphatic rings. The van der Waals surface area contributed by atoms with Gasteiger partial charge in [0.25, 0.3) is 11.1 Å². The Bertz CT molecular complexity index is 2540. The summed E-state index contributed by atoms with van der Waals surface area (Å²) in [5.74, 6) is -0.969. The Balaban J connectivity index is 0.000000145. The van der Waals surface area contributed by atoms with Crippen molar-refractivity contribution in [2.24, 2.45) is 0 Å². The van der Waals surface area contributed by atoms with Gasteiger partial charge >= 0.3 is 11.9 Å². The molecule has 2 aromatic carbocycles. The molecular formula is C42H39N4O7P. The second-order valence-corrected chi connectivity index (χ2v) is 14.1. The zero-order valence-corrected chi connectivity index (χ0v) is 31.3. The molecule has 0 amide bonds. The van der Waals surface area contributed by atoms with Gasteiger partial charge in [-0.05, 0) is 61.7 Å². The molecule has 0 aliphatic carbocycles. The molecule has 274 valence electrons. The molecule has 4 aromatic heterocycles. The molecule has 11 nitrogen and oxygen atoms in total. The summed E-state index contributed by atoms with van der Waals surface area (Å²) in [5, 5.41) is 12.9. The number of hydrogen-bond acceptors (Lipinski definition) is 9. The smallest absolute Gasteiger partial charge is 0.343 e. The van der Waals surface area contributed by atoms with E-state index in [1.807, 2.05) is 74.5 Å². The van der Waals surface area contributed by atoms with E-state index in [1.54, 1.807) is 22.1 Å². The van der Waals surface area contributed by atoms with Crippen LogP contribution in [0.2, 0.25) is 0 Å². The second kappa shape index (κ2) is 13.1. The van der Waals surface area contributed by atoms with Crippen LogP contribution < -0.4 is 11.1 Å². The lowest BCUT2D eigenvalue weighted by Crippen LogP contribution is -2.44. The molecule has 10 rings (SSSR count). The number of cyclic esters (lactones) is 2. The molecule has 0 radical (unpaired) electrons. The SMILES string of the molecule is CC[C@@]1(C)C(=O)OCc2c1cc1n(c2=O)Cc2cc3ccccc3nc2-1.CC[C@@]1(O)C(=O)OCc2c1cc1n(c2=O)Cc2cc3ccccc3nc2-1.[3H]CP. The lowest BCUT2D eigenvalue weighted by atomic mass is 9.76. The van der Waals surface area contributed by atoms with Gasteiger partial charge in [0, 0.05) is 28.8 Å². The number of carbonyl (C=O) groups excluding carboxylic acids is 2. The second-order valence-electron chi connectivity index (χ2n) is 14.1. The van der Waals surface area contributed by atoms with Crippen LogP contribution in [0.15, 0.2) is 82.4 Å². The van der Waals surface area contributed by atoms with Crippen molar-refractivity contribution < 1.29 is 25.5 Å². The van der Waals surface area contributed by atoms with Crippen LogP contribution >= 0.6 is 9.24 Å². The standard InChI is InChI=1S/C21H18N2O3.C20H16N2O4.CH5P/c1-3-21(2)15-9-17-18-13(8-12-6-4-5-7-16(12)22-18)10-23(17)19(24)14(15)11-26-20(21)25;1-2-20(25)14-8-16-17-12(7-11-5-3-4-6-15(11)21-17)9-22(16)18(23)13(14)10-26-19(20)24;1-2/h4-9H,3,10-11H2,1-2H3;3-8,25H,2,9-10H2,1H3;2H2,1H3/t21-;20-;/m10./s1/i;;1T. The van der Waals surface area contributed by atoms with Crippen LogP contribution in [-0.4, -0.2) is 42.8 Å². The van der Waals surface area contributed by atoms with Gasteiger partial charge in [0.1, 0.15) is 13.2 Å². The van der Waals surface area contributed by atoms with E-state index >= 15 is 0 Å². The van der Waals surface area contributed by atoms with Crippen molar-refractivity contribution in [3.63, 3.8) is 0 Å². The summed E-state index contributed by atoms with van der Waals surface area (Å²) in [6, 6.07) is 23.6. The highest BCUT2D eigenvalue weighted by molar-refractivity contribution is 7.15. The number of hydrogen-bond donors (Lipinski definition) is 1. The predicted molar refractivity (Wildman–Crippen MR) is 208 cm³/mol. The molecule has 3 atom stereocenters. The Kier molecular flexibility index (Phi) is 8.32. The van der Waals surface area contributed by atoms with E-state index in [0.717, 1.165) is 55.6 Å². The van der Waals surface area contributed by atoms with Gasteiger partial charge in [0.15, 0.2) is 5.60 Å². The van der Waals surface area contributed by atoms with Crippen molar-refractivity contribution in [2.45, 2.75) is 70.9 Å². The van der Waals surface area contributed by atoms with Gasteiger partial charge in [0.2, 0.25) is 0 Å². The molecule has 1 unspecified atom stereocenters. The molecular weight excluding hydrogens is 703 g/mol. The van der Waals surface area contributed by atoms with E-state index in [1.165, 1.54) is 0 Å². The zero-order valence-electron chi connectivity index (χ0n) is 31.1. The van der Waals surface area contributed by atoms with E-state index in [4.69, 9.17) is 20.8 Å².